The van der Waals surface area contributed by atoms with Crippen molar-refractivity contribution in [3.05, 3.63) is 70.1 Å². The van der Waals surface area contributed by atoms with Crippen LogP contribution in [0.2, 0.25) is 0 Å². The molecule has 0 saturated heterocycles. The van der Waals surface area contributed by atoms with Gasteiger partial charge < -0.3 is 24.5 Å². The molecule has 0 unspecified atom stereocenters. The van der Waals surface area contributed by atoms with Crippen LogP contribution in [0.3, 0.4) is 0 Å². The second kappa shape index (κ2) is 11.6. The first kappa shape index (κ1) is 24.5. The lowest BCUT2D eigenvalue weighted by Gasteiger charge is -2.10. The molecule has 3 aromatic rings. The van der Waals surface area contributed by atoms with Crippen LogP contribution in [0.15, 0.2) is 57.7 Å². The van der Waals surface area contributed by atoms with Gasteiger partial charge in [-0.3, -0.25) is 14.4 Å². The minimum atomic E-state index is -0.663. The molecule has 0 radical (unpaired) electrons. The fourth-order valence-corrected chi connectivity index (χ4v) is 3.13. The summed E-state index contributed by atoms with van der Waals surface area (Å²) in [6.45, 7) is 3.54. The molecule has 2 amide bonds. The van der Waals surface area contributed by atoms with Gasteiger partial charge in [-0.25, -0.2) is 4.79 Å². The molecular formula is C25H26N2O7. The maximum atomic E-state index is 12.3. The number of anilines is 1. The van der Waals surface area contributed by atoms with Gasteiger partial charge in [0.1, 0.15) is 24.5 Å². The molecule has 0 saturated carbocycles. The SMILES string of the molecule is CCCCOc1ccc(C(=O)NCC(=O)OCc2cc(=O)oc3cc(NC(C)=O)ccc23)cc1. The first-order chi connectivity index (χ1) is 16.4. The second-order valence-electron chi connectivity index (χ2n) is 7.55. The highest BCUT2D eigenvalue weighted by Crippen LogP contribution is 2.22. The van der Waals surface area contributed by atoms with Crippen molar-refractivity contribution in [2.75, 3.05) is 18.5 Å². The van der Waals surface area contributed by atoms with Gasteiger partial charge in [0.15, 0.2) is 0 Å². The van der Waals surface area contributed by atoms with Gasteiger partial charge in [-0.2, -0.15) is 0 Å². The average molecular weight is 466 g/mol. The van der Waals surface area contributed by atoms with E-state index >= 15 is 0 Å². The highest BCUT2D eigenvalue weighted by molar-refractivity contribution is 5.96. The Balaban J connectivity index is 1.55. The van der Waals surface area contributed by atoms with Crippen molar-refractivity contribution in [1.29, 1.82) is 0 Å². The van der Waals surface area contributed by atoms with Crippen LogP contribution >= 0.6 is 0 Å². The number of ether oxygens (including phenoxy) is 2. The zero-order valence-corrected chi connectivity index (χ0v) is 19.0. The summed E-state index contributed by atoms with van der Waals surface area (Å²) in [6, 6.07) is 12.7. The summed E-state index contributed by atoms with van der Waals surface area (Å²) < 4.78 is 16.0. The fraction of sp³-hybridized carbons (Fsp3) is 0.280. The smallest absolute Gasteiger partial charge is 0.336 e. The van der Waals surface area contributed by atoms with Gasteiger partial charge in [-0.05, 0) is 42.8 Å². The van der Waals surface area contributed by atoms with E-state index in [0.717, 1.165) is 12.8 Å². The van der Waals surface area contributed by atoms with Crippen LogP contribution < -0.4 is 21.0 Å². The molecule has 34 heavy (non-hydrogen) atoms. The number of hydrogen-bond donors (Lipinski definition) is 2. The van der Waals surface area contributed by atoms with Crippen molar-refractivity contribution in [3.63, 3.8) is 0 Å². The number of hydrogen-bond acceptors (Lipinski definition) is 7. The first-order valence-electron chi connectivity index (χ1n) is 10.9. The molecule has 2 N–H and O–H groups in total. The number of esters is 1. The summed E-state index contributed by atoms with van der Waals surface area (Å²) in [5.74, 6) is -0.671. The predicted octanol–water partition coefficient (Wildman–Crippen LogP) is 3.40. The van der Waals surface area contributed by atoms with Crippen LogP contribution in [0.1, 0.15) is 42.6 Å². The summed E-state index contributed by atoms with van der Waals surface area (Å²) in [5.41, 5.74) is 0.936. The maximum absolute atomic E-state index is 12.3. The van der Waals surface area contributed by atoms with E-state index in [0.29, 0.717) is 34.6 Å². The normalized spacial score (nSPS) is 10.5. The summed E-state index contributed by atoms with van der Waals surface area (Å²) in [6.07, 6.45) is 1.98. The summed E-state index contributed by atoms with van der Waals surface area (Å²) in [7, 11) is 0. The molecule has 0 aliphatic rings. The molecule has 1 heterocycles. The maximum Gasteiger partial charge on any atom is 0.336 e. The average Bonchev–Trinajstić information content (AvgIpc) is 2.81. The molecular weight excluding hydrogens is 440 g/mol. The Hall–Kier alpha value is -4.14. The number of fused-ring (bicyclic) bond motifs is 1. The van der Waals surface area contributed by atoms with Crippen molar-refractivity contribution in [2.24, 2.45) is 0 Å². The van der Waals surface area contributed by atoms with Crippen molar-refractivity contribution in [2.45, 2.75) is 33.3 Å². The van der Waals surface area contributed by atoms with Gasteiger partial charge in [0.2, 0.25) is 5.91 Å². The Kier molecular flexibility index (Phi) is 8.39. The largest absolute Gasteiger partial charge is 0.494 e. The van der Waals surface area contributed by atoms with Gasteiger partial charge in [-0.15, -0.1) is 0 Å². The van der Waals surface area contributed by atoms with Crippen LogP contribution in [0.5, 0.6) is 5.75 Å². The van der Waals surface area contributed by atoms with Crippen molar-refractivity contribution >= 4 is 34.4 Å². The van der Waals surface area contributed by atoms with Gasteiger partial charge in [-0.1, -0.05) is 13.3 Å². The van der Waals surface area contributed by atoms with Crippen LogP contribution in [0.25, 0.3) is 11.0 Å². The first-order valence-corrected chi connectivity index (χ1v) is 10.9. The molecule has 1 aromatic heterocycles. The molecule has 0 spiro atoms. The van der Waals surface area contributed by atoms with E-state index in [-0.39, 0.29) is 24.6 Å². The lowest BCUT2D eigenvalue weighted by Crippen LogP contribution is -2.30. The van der Waals surface area contributed by atoms with Gasteiger partial charge in [0.25, 0.3) is 5.91 Å². The van der Waals surface area contributed by atoms with E-state index in [4.69, 9.17) is 13.9 Å². The van der Waals surface area contributed by atoms with Gasteiger partial charge >= 0.3 is 11.6 Å². The van der Waals surface area contributed by atoms with Crippen LogP contribution in [-0.4, -0.2) is 30.9 Å². The molecule has 9 nitrogen and oxygen atoms in total. The third-order valence-electron chi connectivity index (χ3n) is 4.82. The fourth-order valence-electron chi connectivity index (χ4n) is 3.13. The van der Waals surface area contributed by atoms with E-state index in [1.165, 1.54) is 19.1 Å². The Morgan fingerprint density at radius 2 is 1.79 bits per heavy atom. The van der Waals surface area contributed by atoms with Gasteiger partial charge in [0, 0.05) is 41.3 Å². The minimum Gasteiger partial charge on any atom is -0.494 e. The van der Waals surface area contributed by atoms with E-state index in [1.54, 1.807) is 36.4 Å². The number of nitrogens with one attached hydrogen (secondary N) is 2. The van der Waals surface area contributed by atoms with Crippen LogP contribution in [-0.2, 0) is 20.9 Å². The molecule has 0 aliphatic carbocycles. The summed E-state index contributed by atoms with van der Waals surface area (Å²) in [4.78, 5) is 47.5. The molecule has 0 bridgehead atoms. The molecule has 0 aliphatic heterocycles. The van der Waals surface area contributed by atoms with Crippen molar-refractivity contribution < 1.29 is 28.3 Å². The summed E-state index contributed by atoms with van der Waals surface area (Å²) in [5, 5.41) is 5.68. The monoisotopic (exact) mass is 466 g/mol. The second-order valence-corrected chi connectivity index (χ2v) is 7.55. The Morgan fingerprint density at radius 3 is 2.50 bits per heavy atom. The number of benzene rings is 2. The number of carbonyl (C=O) groups is 3. The van der Waals surface area contributed by atoms with Crippen LogP contribution in [0, 0.1) is 0 Å². The highest BCUT2D eigenvalue weighted by atomic mass is 16.5. The lowest BCUT2D eigenvalue weighted by molar-refractivity contribution is -0.143. The van der Waals surface area contributed by atoms with Crippen molar-refractivity contribution in [1.82, 2.24) is 5.32 Å². The zero-order chi connectivity index (χ0) is 24.5. The standard InChI is InChI=1S/C25H26N2O7/c1-3-4-11-32-20-8-5-17(6-9-20)25(31)26-14-24(30)33-15-18-12-23(29)34-22-13-19(27-16(2)28)7-10-21(18)22/h5-10,12-13H,3-4,11,14-15H2,1-2H3,(H,26,31)(H,27,28). The van der Waals surface area contributed by atoms with Crippen LogP contribution in [0.4, 0.5) is 5.69 Å². The van der Waals surface area contributed by atoms with Crippen molar-refractivity contribution in [3.8, 4) is 5.75 Å². The topological polar surface area (TPSA) is 124 Å². The Morgan fingerprint density at radius 1 is 1.03 bits per heavy atom. The van der Waals surface area contributed by atoms with E-state index in [1.807, 2.05) is 0 Å². The third-order valence-corrected chi connectivity index (χ3v) is 4.82. The molecule has 178 valence electrons. The summed E-state index contributed by atoms with van der Waals surface area (Å²) >= 11 is 0. The number of carbonyl (C=O) groups excluding carboxylic acids is 3. The minimum absolute atomic E-state index is 0.180. The molecule has 3 rings (SSSR count). The molecule has 0 fully saturated rings. The Bertz CT molecular complexity index is 1230. The van der Waals surface area contributed by atoms with E-state index in [9.17, 15) is 19.2 Å². The quantitative estimate of drug-likeness (QED) is 0.267. The number of amides is 2. The zero-order valence-electron chi connectivity index (χ0n) is 19.0. The Labute approximate surface area is 196 Å². The third kappa shape index (κ3) is 6.93. The van der Waals surface area contributed by atoms with E-state index < -0.39 is 17.5 Å². The van der Waals surface area contributed by atoms with E-state index in [2.05, 4.69) is 17.6 Å². The number of rotatable bonds is 10. The predicted molar refractivity (Wildman–Crippen MR) is 126 cm³/mol. The highest BCUT2D eigenvalue weighted by Gasteiger charge is 2.12. The number of unbranched alkanes of at least 4 members (excludes halogenated alkanes) is 1. The molecule has 2 aromatic carbocycles. The lowest BCUT2D eigenvalue weighted by atomic mass is 10.1. The van der Waals surface area contributed by atoms with Gasteiger partial charge in [0.05, 0.1) is 6.61 Å². The molecule has 0 atom stereocenters. The molecule has 9 heteroatoms.